The Morgan fingerprint density at radius 2 is 1.91 bits per heavy atom. The maximum absolute atomic E-state index is 6.09. The molecule has 0 aliphatic rings. The Labute approximate surface area is 139 Å². The van der Waals surface area contributed by atoms with Gasteiger partial charge < -0.3 is 15.2 Å². The van der Waals surface area contributed by atoms with Crippen LogP contribution < -0.4 is 15.2 Å². The summed E-state index contributed by atoms with van der Waals surface area (Å²) in [6.45, 7) is 7.46. The number of para-hydroxylation sites is 1. The van der Waals surface area contributed by atoms with Gasteiger partial charge in [-0.1, -0.05) is 35.9 Å². The molecule has 2 N–H and O–H groups in total. The average molecular weight is 313 g/mol. The van der Waals surface area contributed by atoms with E-state index in [9.17, 15) is 0 Å². The number of aryl methyl sites for hydroxylation is 2. The molecular formula is C20H27NO2. The molecule has 0 saturated heterocycles. The minimum Gasteiger partial charge on any atom is -0.493 e. The maximum atomic E-state index is 6.09. The Morgan fingerprint density at radius 3 is 2.57 bits per heavy atom. The summed E-state index contributed by atoms with van der Waals surface area (Å²) in [7, 11) is 1.69. The summed E-state index contributed by atoms with van der Waals surface area (Å²) in [5, 5.41) is 0. The van der Waals surface area contributed by atoms with E-state index in [-0.39, 0.29) is 5.92 Å². The van der Waals surface area contributed by atoms with E-state index >= 15 is 0 Å². The third-order valence-electron chi connectivity index (χ3n) is 4.19. The SMILES string of the molecule is CCOc1cccc(CC(CN)c2cc(C)ccc2C)c1OC. The highest BCUT2D eigenvalue weighted by Gasteiger charge is 2.18. The predicted molar refractivity (Wildman–Crippen MR) is 95.6 cm³/mol. The second kappa shape index (κ2) is 8.02. The molecule has 3 nitrogen and oxygen atoms in total. The van der Waals surface area contributed by atoms with Gasteiger partial charge in [0.2, 0.25) is 0 Å². The molecule has 2 aromatic carbocycles. The van der Waals surface area contributed by atoms with Crippen LogP contribution >= 0.6 is 0 Å². The van der Waals surface area contributed by atoms with Gasteiger partial charge in [-0.15, -0.1) is 0 Å². The van der Waals surface area contributed by atoms with Gasteiger partial charge in [0.15, 0.2) is 11.5 Å². The molecule has 0 radical (unpaired) electrons. The van der Waals surface area contributed by atoms with Crippen molar-refractivity contribution in [3.63, 3.8) is 0 Å². The van der Waals surface area contributed by atoms with Crippen molar-refractivity contribution in [1.29, 1.82) is 0 Å². The Morgan fingerprint density at radius 1 is 1.13 bits per heavy atom. The van der Waals surface area contributed by atoms with E-state index in [2.05, 4.69) is 38.1 Å². The molecule has 0 aromatic heterocycles. The van der Waals surface area contributed by atoms with Crippen LogP contribution in [0.3, 0.4) is 0 Å². The van der Waals surface area contributed by atoms with Crippen molar-refractivity contribution in [3.8, 4) is 11.5 Å². The lowest BCUT2D eigenvalue weighted by atomic mass is 9.88. The highest BCUT2D eigenvalue weighted by molar-refractivity contribution is 5.48. The van der Waals surface area contributed by atoms with Crippen LogP contribution in [0, 0.1) is 13.8 Å². The van der Waals surface area contributed by atoms with E-state index in [0.29, 0.717) is 13.2 Å². The van der Waals surface area contributed by atoms with Gasteiger partial charge in [-0.3, -0.25) is 0 Å². The first-order valence-corrected chi connectivity index (χ1v) is 8.16. The van der Waals surface area contributed by atoms with Crippen molar-refractivity contribution in [3.05, 3.63) is 58.7 Å². The Balaban J connectivity index is 2.35. The van der Waals surface area contributed by atoms with Crippen LogP contribution in [-0.2, 0) is 6.42 Å². The Hall–Kier alpha value is -2.00. The molecule has 1 atom stereocenters. The van der Waals surface area contributed by atoms with Crippen LogP contribution in [0.5, 0.6) is 11.5 Å². The number of hydrogen-bond acceptors (Lipinski definition) is 3. The van der Waals surface area contributed by atoms with Gasteiger partial charge >= 0.3 is 0 Å². The molecule has 2 aromatic rings. The first-order valence-electron chi connectivity index (χ1n) is 8.16. The van der Waals surface area contributed by atoms with Crippen molar-refractivity contribution in [2.45, 2.75) is 33.1 Å². The lowest BCUT2D eigenvalue weighted by molar-refractivity contribution is 0.309. The third-order valence-corrected chi connectivity index (χ3v) is 4.19. The van der Waals surface area contributed by atoms with E-state index in [0.717, 1.165) is 23.5 Å². The number of nitrogens with two attached hydrogens (primary N) is 1. The standard InChI is InChI=1S/C20H27NO2/c1-5-23-19-8-6-7-16(20(19)22-4)12-17(13-21)18-11-14(2)9-10-15(18)3/h6-11,17H,5,12-13,21H2,1-4H3. The fourth-order valence-corrected chi connectivity index (χ4v) is 3.01. The van der Waals surface area contributed by atoms with Crippen LogP contribution in [0.4, 0.5) is 0 Å². The predicted octanol–water partition coefficient (Wildman–Crippen LogP) is 4.00. The number of ether oxygens (including phenoxy) is 2. The summed E-state index contributed by atoms with van der Waals surface area (Å²) in [6, 6.07) is 12.6. The van der Waals surface area contributed by atoms with Crippen LogP contribution in [0.1, 0.15) is 35.1 Å². The number of hydrogen-bond donors (Lipinski definition) is 1. The third kappa shape index (κ3) is 4.05. The van der Waals surface area contributed by atoms with Crippen LogP contribution in [0.15, 0.2) is 36.4 Å². The quantitative estimate of drug-likeness (QED) is 0.840. The largest absolute Gasteiger partial charge is 0.493 e. The zero-order valence-electron chi connectivity index (χ0n) is 14.6. The molecule has 0 heterocycles. The molecule has 1 unspecified atom stereocenters. The van der Waals surface area contributed by atoms with Crippen molar-refractivity contribution < 1.29 is 9.47 Å². The molecule has 0 bridgehead atoms. The summed E-state index contributed by atoms with van der Waals surface area (Å²) >= 11 is 0. The maximum Gasteiger partial charge on any atom is 0.163 e. The highest BCUT2D eigenvalue weighted by atomic mass is 16.5. The van der Waals surface area contributed by atoms with E-state index in [4.69, 9.17) is 15.2 Å². The van der Waals surface area contributed by atoms with Gasteiger partial charge in [-0.05, 0) is 56.5 Å². The first-order chi connectivity index (χ1) is 11.1. The van der Waals surface area contributed by atoms with Crippen molar-refractivity contribution in [2.24, 2.45) is 5.73 Å². The molecule has 0 aliphatic heterocycles. The van der Waals surface area contributed by atoms with Gasteiger partial charge in [0.05, 0.1) is 13.7 Å². The molecule has 0 saturated carbocycles. The first kappa shape index (κ1) is 17.4. The zero-order valence-corrected chi connectivity index (χ0v) is 14.6. The number of rotatable bonds is 7. The average Bonchev–Trinajstić information content (AvgIpc) is 2.55. The molecule has 0 amide bonds. The molecule has 0 fully saturated rings. The zero-order chi connectivity index (χ0) is 16.8. The van der Waals surface area contributed by atoms with E-state index in [1.165, 1.54) is 16.7 Å². The molecular weight excluding hydrogens is 286 g/mol. The topological polar surface area (TPSA) is 44.5 Å². The smallest absolute Gasteiger partial charge is 0.163 e. The number of methoxy groups -OCH3 is 1. The summed E-state index contributed by atoms with van der Waals surface area (Å²) in [6.07, 6.45) is 0.838. The summed E-state index contributed by atoms with van der Waals surface area (Å²) in [4.78, 5) is 0. The van der Waals surface area contributed by atoms with Crippen molar-refractivity contribution in [1.82, 2.24) is 0 Å². The lowest BCUT2D eigenvalue weighted by Crippen LogP contribution is -2.17. The minimum absolute atomic E-state index is 0.265. The lowest BCUT2D eigenvalue weighted by Gasteiger charge is -2.21. The van der Waals surface area contributed by atoms with Crippen LogP contribution in [0.25, 0.3) is 0 Å². The minimum atomic E-state index is 0.265. The normalized spacial score (nSPS) is 12.0. The molecule has 3 heteroatoms. The van der Waals surface area contributed by atoms with Crippen LogP contribution in [-0.4, -0.2) is 20.3 Å². The van der Waals surface area contributed by atoms with E-state index in [1.54, 1.807) is 7.11 Å². The summed E-state index contributed by atoms with van der Waals surface area (Å²) < 4.78 is 11.3. The molecule has 124 valence electrons. The molecule has 0 aliphatic carbocycles. The second-order valence-electron chi connectivity index (χ2n) is 5.88. The van der Waals surface area contributed by atoms with Gasteiger partial charge in [-0.2, -0.15) is 0 Å². The fraction of sp³-hybridized carbons (Fsp3) is 0.400. The number of benzene rings is 2. The van der Waals surface area contributed by atoms with Gasteiger partial charge in [0.25, 0.3) is 0 Å². The monoisotopic (exact) mass is 313 g/mol. The highest BCUT2D eigenvalue weighted by Crippen LogP contribution is 2.34. The Bertz CT molecular complexity index is 652. The van der Waals surface area contributed by atoms with Crippen LogP contribution in [0.2, 0.25) is 0 Å². The molecule has 0 spiro atoms. The molecule has 23 heavy (non-hydrogen) atoms. The van der Waals surface area contributed by atoms with Gasteiger partial charge in [0, 0.05) is 5.92 Å². The molecule has 2 rings (SSSR count). The van der Waals surface area contributed by atoms with Crippen molar-refractivity contribution in [2.75, 3.05) is 20.3 Å². The van der Waals surface area contributed by atoms with Gasteiger partial charge in [-0.25, -0.2) is 0 Å². The summed E-state index contributed by atoms with van der Waals surface area (Å²) in [5.41, 5.74) is 11.1. The van der Waals surface area contributed by atoms with Crippen molar-refractivity contribution >= 4 is 0 Å². The fourth-order valence-electron chi connectivity index (χ4n) is 3.01. The summed E-state index contributed by atoms with van der Waals surface area (Å²) in [5.74, 6) is 1.88. The van der Waals surface area contributed by atoms with E-state index < -0.39 is 0 Å². The van der Waals surface area contributed by atoms with E-state index in [1.807, 2.05) is 19.1 Å². The Kier molecular flexibility index (Phi) is 6.05. The van der Waals surface area contributed by atoms with Gasteiger partial charge in [0.1, 0.15) is 0 Å². The second-order valence-corrected chi connectivity index (χ2v) is 5.88.